The Morgan fingerprint density at radius 2 is 2.00 bits per heavy atom. The normalized spacial score (nSPS) is 18.1. The number of amides is 1. The van der Waals surface area contributed by atoms with Gasteiger partial charge in [0.2, 0.25) is 5.88 Å². The molecule has 3 aromatic rings. The zero-order valence-corrected chi connectivity index (χ0v) is 20.3. The molecule has 2 N–H and O–H groups in total. The number of nitrogens with one attached hydrogen (secondary N) is 2. The Morgan fingerprint density at radius 3 is 2.68 bits per heavy atom. The van der Waals surface area contributed by atoms with Gasteiger partial charge < -0.3 is 20.2 Å². The second-order valence-corrected chi connectivity index (χ2v) is 9.45. The van der Waals surface area contributed by atoms with E-state index in [0.29, 0.717) is 23.8 Å². The molecule has 3 aromatic heterocycles. The zero-order chi connectivity index (χ0) is 24.2. The molecule has 0 aliphatic heterocycles. The van der Waals surface area contributed by atoms with Crippen LogP contribution in [0.1, 0.15) is 63.2 Å². The van der Waals surface area contributed by atoms with Crippen LogP contribution in [0.2, 0.25) is 0 Å². The van der Waals surface area contributed by atoms with Crippen molar-refractivity contribution in [3.63, 3.8) is 0 Å². The molecule has 1 amide bonds. The van der Waals surface area contributed by atoms with Crippen LogP contribution in [0.3, 0.4) is 0 Å². The van der Waals surface area contributed by atoms with Crippen molar-refractivity contribution in [1.82, 2.24) is 19.9 Å². The molecule has 3 heterocycles. The number of methoxy groups -OCH3 is 1. The fraction of sp³-hybridized carbons (Fsp3) is 0.462. The summed E-state index contributed by atoms with van der Waals surface area (Å²) in [4.78, 5) is 29.0. The van der Waals surface area contributed by atoms with Crippen LogP contribution in [-0.4, -0.2) is 45.5 Å². The molecule has 0 bridgehead atoms. The second-order valence-electron chi connectivity index (χ2n) is 9.45. The molecule has 1 aliphatic rings. The van der Waals surface area contributed by atoms with Crippen molar-refractivity contribution in [3.8, 4) is 17.0 Å². The molecular weight excluding hydrogens is 430 g/mol. The van der Waals surface area contributed by atoms with E-state index in [4.69, 9.17) is 4.74 Å². The quantitative estimate of drug-likeness (QED) is 0.511. The first-order valence-electron chi connectivity index (χ1n) is 11.9. The van der Waals surface area contributed by atoms with E-state index >= 15 is 0 Å². The summed E-state index contributed by atoms with van der Waals surface area (Å²) >= 11 is 0. The van der Waals surface area contributed by atoms with Crippen LogP contribution in [0.5, 0.6) is 5.88 Å². The number of Topliss-reactive ketones (excluding diaryl/α,β-unsaturated/α-hetero) is 1. The number of carbonyl (C=O) groups is 2. The van der Waals surface area contributed by atoms with Crippen molar-refractivity contribution in [2.45, 2.75) is 65.0 Å². The highest BCUT2D eigenvalue weighted by Crippen LogP contribution is 2.33. The van der Waals surface area contributed by atoms with Crippen molar-refractivity contribution < 1.29 is 14.3 Å². The Labute approximate surface area is 200 Å². The molecule has 1 saturated carbocycles. The number of hydrogen-bond acceptors (Lipinski definition) is 6. The average molecular weight is 464 g/mol. The van der Waals surface area contributed by atoms with Crippen LogP contribution in [-0.2, 0) is 4.79 Å². The number of fused-ring (bicyclic) bond motifs is 1. The number of aromatic nitrogens is 3. The number of carbonyl (C=O) groups excluding carboxylic acids is 2. The Morgan fingerprint density at radius 1 is 1.24 bits per heavy atom. The zero-order valence-electron chi connectivity index (χ0n) is 20.3. The van der Waals surface area contributed by atoms with Crippen LogP contribution in [0.4, 0.5) is 5.69 Å². The summed E-state index contributed by atoms with van der Waals surface area (Å²) in [5, 5.41) is 11.2. The number of ether oxygens (including phenoxy) is 1. The summed E-state index contributed by atoms with van der Waals surface area (Å²) in [6, 6.07) is 6.06. The first-order chi connectivity index (χ1) is 16.4. The molecule has 0 saturated heterocycles. The first-order valence-corrected chi connectivity index (χ1v) is 11.9. The predicted molar refractivity (Wildman–Crippen MR) is 132 cm³/mol. The topological polar surface area (TPSA) is 97.6 Å². The fourth-order valence-electron chi connectivity index (χ4n) is 4.77. The van der Waals surface area contributed by atoms with Gasteiger partial charge in [0, 0.05) is 42.0 Å². The Kier molecular flexibility index (Phi) is 7.14. The number of pyridine rings is 1. The minimum absolute atomic E-state index is 0.112. The van der Waals surface area contributed by atoms with Gasteiger partial charge in [-0.2, -0.15) is 5.10 Å². The average Bonchev–Trinajstić information content (AvgIpc) is 3.24. The molecule has 1 aliphatic carbocycles. The van der Waals surface area contributed by atoms with Crippen molar-refractivity contribution in [1.29, 1.82) is 0 Å². The number of nitrogens with zero attached hydrogens (tertiary/aromatic N) is 3. The molecule has 0 atom stereocenters. The predicted octanol–water partition coefficient (Wildman–Crippen LogP) is 4.49. The molecule has 0 radical (unpaired) electrons. The lowest BCUT2D eigenvalue weighted by molar-refractivity contribution is -0.118. The first kappa shape index (κ1) is 23.7. The van der Waals surface area contributed by atoms with Gasteiger partial charge >= 0.3 is 0 Å². The van der Waals surface area contributed by atoms with Crippen LogP contribution >= 0.6 is 0 Å². The van der Waals surface area contributed by atoms with Gasteiger partial charge in [0.25, 0.3) is 5.91 Å². The maximum Gasteiger partial charge on any atom is 0.255 e. The highest BCUT2D eigenvalue weighted by atomic mass is 16.5. The van der Waals surface area contributed by atoms with Crippen molar-refractivity contribution in [2.24, 2.45) is 5.92 Å². The number of anilines is 1. The van der Waals surface area contributed by atoms with Gasteiger partial charge in [-0.1, -0.05) is 0 Å². The Bertz CT molecular complexity index is 1180. The summed E-state index contributed by atoms with van der Waals surface area (Å²) in [6.07, 6.45) is 9.59. The molecule has 0 aromatic carbocycles. The second kappa shape index (κ2) is 10.2. The Hall–Kier alpha value is -3.42. The standard InChI is InChI=1S/C26H33N5O3/c1-16(2)29-24-22(25(33)30-20-9-7-18(8-10-20)12-17(3)32)14-28-31-15-19(13-23(24)31)21-6-5-11-27-26(21)34-4/h5-6,11,13-16,18,20,29H,7-10,12H2,1-4H3,(H,30,33). The lowest BCUT2D eigenvalue weighted by atomic mass is 9.83. The third kappa shape index (κ3) is 5.21. The van der Waals surface area contributed by atoms with E-state index in [1.54, 1.807) is 30.9 Å². The van der Waals surface area contributed by atoms with Crippen molar-refractivity contribution in [3.05, 3.63) is 42.4 Å². The maximum atomic E-state index is 13.3. The summed E-state index contributed by atoms with van der Waals surface area (Å²) in [5.41, 5.74) is 3.86. The third-order valence-corrected chi connectivity index (χ3v) is 6.35. The molecule has 8 nitrogen and oxygen atoms in total. The van der Waals surface area contributed by atoms with E-state index < -0.39 is 0 Å². The van der Waals surface area contributed by atoms with Gasteiger partial charge in [0.1, 0.15) is 5.78 Å². The minimum Gasteiger partial charge on any atom is -0.481 e. The van der Waals surface area contributed by atoms with E-state index in [-0.39, 0.29) is 23.8 Å². The summed E-state index contributed by atoms with van der Waals surface area (Å²) in [7, 11) is 1.60. The number of ketones is 1. The molecule has 0 spiro atoms. The monoisotopic (exact) mass is 463 g/mol. The highest BCUT2D eigenvalue weighted by molar-refractivity contribution is 6.03. The van der Waals surface area contributed by atoms with Gasteiger partial charge in [-0.3, -0.25) is 4.79 Å². The lowest BCUT2D eigenvalue weighted by Gasteiger charge is -2.29. The minimum atomic E-state index is -0.130. The summed E-state index contributed by atoms with van der Waals surface area (Å²) < 4.78 is 7.20. The van der Waals surface area contributed by atoms with E-state index in [0.717, 1.165) is 48.0 Å². The van der Waals surface area contributed by atoms with Gasteiger partial charge in [-0.15, -0.1) is 0 Å². The summed E-state index contributed by atoms with van der Waals surface area (Å²) in [5.74, 6) is 1.09. The summed E-state index contributed by atoms with van der Waals surface area (Å²) in [6.45, 7) is 5.74. The molecule has 4 rings (SSSR count). The molecule has 8 heteroatoms. The third-order valence-electron chi connectivity index (χ3n) is 6.35. The van der Waals surface area contributed by atoms with E-state index in [2.05, 4.69) is 20.7 Å². The van der Waals surface area contributed by atoms with E-state index in [1.807, 2.05) is 38.2 Å². The van der Waals surface area contributed by atoms with Crippen LogP contribution in [0.15, 0.2) is 36.8 Å². The highest BCUT2D eigenvalue weighted by Gasteiger charge is 2.25. The molecule has 34 heavy (non-hydrogen) atoms. The van der Waals surface area contributed by atoms with Gasteiger partial charge in [0.05, 0.1) is 30.1 Å². The Balaban J connectivity index is 1.61. The smallest absolute Gasteiger partial charge is 0.255 e. The molecule has 180 valence electrons. The maximum absolute atomic E-state index is 13.3. The van der Waals surface area contributed by atoms with Crippen LogP contribution < -0.4 is 15.4 Å². The SMILES string of the molecule is COc1ncccc1-c1cc2c(NC(C)C)c(C(=O)NC3CCC(CC(C)=O)CC3)cnn2c1. The molecule has 0 unspecified atom stereocenters. The van der Waals surface area contributed by atoms with Gasteiger partial charge in [0.15, 0.2) is 0 Å². The molecular formula is C26H33N5O3. The van der Waals surface area contributed by atoms with Crippen LogP contribution in [0.25, 0.3) is 16.6 Å². The van der Waals surface area contributed by atoms with Gasteiger partial charge in [-0.05, 0) is 70.6 Å². The van der Waals surface area contributed by atoms with E-state index in [1.165, 1.54) is 0 Å². The van der Waals surface area contributed by atoms with Gasteiger partial charge in [-0.25, -0.2) is 9.50 Å². The fourth-order valence-corrected chi connectivity index (χ4v) is 4.77. The van der Waals surface area contributed by atoms with Crippen molar-refractivity contribution in [2.75, 3.05) is 12.4 Å². The lowest BCUT2D eigenvalue weighted by Crippen LogP contribution is -2.38. The van der Waals surface area contributed by atoms with E-state index in [9.17, 15) is 9.59 Å². The number of hydrogen-bond donors (Lipinski definition) is 2. The number of rotatable bonds is 8. The molecule has 1 fully saturated rings. The van der Waals surface area contributed by atoms with Crippen LogP contribution in [0, 0.1) is 5.92 Å². The van der Waals surface area contributed by atoms with Crippen molar-refractivity contribution >= 4 is 22.9 Å². The largest absolute Gasteiger partial charge is 0.481 e.